The minimum atomic E-state index is 0.611. The molecule has 1 aliphatic carbocycles. The maximum Gasteiger partial charge on any atom is 0.180 e. The number of nitrogens with one attached hydrogen (secondary N) is 3. The molecule has 0 amide bonds. The van der Waals surface area contributed by atoms with Crippen LogP contribution in [0.4, 0.5) is 17.3 Å². The SMILES string of the molecule is C=Cc1ccc(-c2cn3ccnc3c(Nc3cc(C4CC4)[nH]n3)n2)cc1NN. The van der Waals surface area contributed by atoms with Crippen molar-refractivity contribution in [2.24, 2.45) is 5.84 Å². The molecule has 8 nitrogen and oxygen atoms in total. The van der Waals surface area contributed by atoms with Gasteiger partial charge in [0.15, 0.2) is 17.3 Å². The van der Waals surface area contributed by atoms with Gasteiger partial charge < -0.3 is 15.1 Å². The average Bonchev–Trinajstić information content (AvgIpc) is 3.28. The van der Waals surface area contributed by atoms with Crippen molar-refractivity contribution in [3.05, 3.63) is 60.7 Å². The van der Waals surface area contributed by atoms with Gasteiger partial charge in [-0.05, 0) is 24.5 Å². The summed E-state index contributed by atoms with van der Waals surface area (Å²) in [7, 11) is 0. The van der Waals surface area contributed by atoms with Gasteiger partial charge in [0.05, 0.1) is 11.4 Å². The van der Waals surface area contributed by atoms with E-state index in [4.69, 9.17) is 10.8 Å². The first-order valence-electron chi connectivity index (χ1n) is 9.14. The standard InChI is InChI=1S/C20H20N8/c1-2-12-3-6-14(9-15(12)25-21)17-11-28-8-7-22-20(28)19(23-17)24-18-10-16(26-27-18)13-4-5-13/h2-3,6-11,13,25H,1,4-5,21H2,(H2,23,24,26,27). The van der Waals surface area contributed by atoms with E-state index in [1.807, 2.05) is 41.1 Å². The van der Waals surface area contributed by atoms with E-state index in [1.54, 1.807) is 12.3 Å². The van der Waals surface area contributed by atoms with Crippen LogP contribution >= 0.6 is 0 Å². The van der Waals surface area contributed by atoms with E-state index in [0.29, 0.717) is 11.7 Å². The summed E-state index contributed by atoms with van der Waals surface area (Å²) in [6.07, 6.45) is 9.78. The molecule has 5 rings (SSSR count). The Kier molecular flexibility index (Phi) is 3.84. The monoisotopic (exact) mass is 372 g/mol. The molecule has 4 aromatic rings. The molecule has 1 fully saturated rings. The second-order valence-corrected chi connectivity index (χ2v) is 6.89. The highest BCUT2D eigenvalue weighted by atomic mass is 15.2. The van der Waals surface area contributed by atoms with E-state index < -0.39 is 0 Å². The summed E-state index contributed by atoms with van der Waals surface area (Å²) in [5, 5.41) is 10.8. The Morgan fingerprint density at radius 2 is 2.18 bits per heavy atom. The highest BCUT2D eigenvalue weighted by Crippen LogP contribution is 2.39. The number of aromatic amines is 1. The van der Waals surface area contributed by atoms with Gasteiger partial charge in [-0.1, -0.05) is 24.8 Å². The summed E-state index contributed by atoms with van der Waals surface area (Å²) in [6, 6.07) is 7.94. The number of rotatable bonds is 6. The van der Waals surface area contributed by atoms with E-state index in [9.17, 15) is 0 Å². The Morgan fingerprint density at radius 1 is 1.29 bits per heavy atom. The molecule has 0 aliphatic heterocycles. The van der Waals surface area contributed by atoms with E-state index in [1.165, 1.54) is 12.8 Å². The third-order valence-corrected chi connectivity index (χ3v) is 4.96. The number of nitrogens with two attached hydrogens (primary N) is 1. The van der Waals surface area contributed by atoms with Gasteiger partial charge in [-0.15, -0.1) is 0 Å². The number of anilines is 3. The number of hydrogen-bond acceptors (Lipinski definition) is 6. The maximum absolute atomic E-state index is 5.65. The Balaban J connectivity index is 1.56. The third-order valence-electron chi connectivity index (χ3n) is 4.96. The lowest BCUT2D eigenvalue weighted by molar-refractivity contribution is 0.966. The van der Waals surface area contributed by atoms with Crippen molar-refractivity contribution in [1.29, 1.82) is 0 Å². The second kappa shape index (κ2) is 6.50. The molecule has 0 bridgehead atoms. The molecule has 1 aliphatic rings. The topological polar surface area (TPSA) is 109 Å². The van der Waals surface area contributed by atoms with Gasteiger partial charge in [0.25, 0.3) is 0 Å². The van der Waals surface area contributed by atoms with E-state index in [2.05, 4.69) is 32.5 Å². The van der Waals surface area contributed by atoms with Crippen LogP contribution in [-0.4, -0.2) is 24.6 Å². The molecule has 0 radical (unpaired) electrons. The van der Waals surface area contributed by atoms with Crippen molar-refractivity contribution < 1.29 is 0 Å². The van der Waals surface area contributed by atoms with Crippen LogP contribution in [0.25, 0.3) is 23.0 Å². The van der Waals surface area contributed by atoms with Gasteiger partial charge in [-0.3, -0.25) is 10.9 Å². The predicted octanol–water partition coefficient (Wildman–Crippen LogP) is 3.67. The Hall–Kier alpha value is -3.65. The van der Waals surface area contributed by atoms with Crippen molar-refractivity contribution in [2.75, 3.05) is 10.7 Å². The molecule has 0 saturated heterocycles. The fourth-order valence-electron chi connectivity index (χ4n) is 3.30. The quantitative estimate of drug-likeness (QED) is 0.304. The molecule has 0 atom stereocenters. The summed E-state index contributed by atoms with van der Waals surface area (Å²) < 4.78 is 1.94. The molecule has 0 unspecified atom stereocenters. The maximum atomic E-state index is 5.65. The van der Waals surface area contributed by atoms with Crippen molar-refractivity contribution in [2.45, 2.75) is 18.8 Å². The molecule has 3 aromatic heterocycles. The van der Waals surface area contributed by atoms with Gasteiger partial charge in [-0.25, -0.2) is 9.97 Å². The molecule has 0 spiro atoms. The lowest BCUT2D eigenvalue weighted by Gasteiger charge is -2.11. The minimum absolute atomic E-state index is 0.611. The van der Waals surface area contributed by atoms with Crippen LogP contribution in [0.1, 0.15) is 30.0 Å². The lowest BCUT2D eigenvalue weighted by atomic mass is 10.1. The van der Waals surface area contributed by atoms with Gasteiger partial charge in [0.1, 0.15) is 0 Å². The van der Waals surface area contributed by atoms with E-state index in [0.717, 1.165) is 39.7 Å². The summed E-state index contributed by atoms with van der Waals surface area (Å²) in [4.78, 5) is 9.22. The highest BCUT2D eigenvalue weighted by Gasteiger charge is 2.25. The summed E-state index contributed by atoms with van der Waals surface area (Å²) >= 11 is 0. The van der Waals surface area contributed by atoms with Crippen LogP contribution in [0.3, 0.4) is 0 Å². The van der Waals surface area contributed by atoms with Crippen LogP contribution in [-0.2, 0) is 0 Å². The number of nitrogens with zero attached hydrogens (tertiary/aromatic N) is 4. The molecule has 28 heavy (non-hydrogen) atoms. The highest BCUT2D eigenvalue weighted by molar-refractivity contribution is 5.76. The molecule has 5 N–H and O–H groups in total. The molecular weight excluding hydrogens is 352 g/mol. The van der Waals surface area contributed by atoms with Crippen molar-refractivity contribution in [3.63, 3.8) is 0 Å². The van der Waals surface area contributed by atoms with Gasteiger partial charge >= 0.3 is 0 Å². The molecule has 1 saturated carbocycles. The minimum Gasteiger partial charge on any atom is -0.324 e. The molecule has 8 heteroatoms. The van der Waals surface area contributed by atoms with Crippen LogP contribution in [0.5, 0.6) is 0 Å². The molecular formula is C20H20N8. The van der Waals surface area contributed by atoms with Crippen LogP contribution < -0.4 is 16.6 Å². The van der Waals surface area contributed by atoms with Gasteiger partial charge in [-0.2, -0.15) is 5.10 Å². The zero-order valence-corrected chi connectivity index (χ0v) is 15.2. The summed E-state index contributed by atoms with van der Waals surface area (Å²) in [5.74, 6) is 7.65. The predicted molar refractivity (Wildman–Crippen MR) is 110 cm³/mol. The zero-order chi connectivity index (χ0) is 19.1. The normalized spacial score (nSPS) is 13.6. The smallest absolute Gasteiger partial charge is 0.180 e. The molecule has 140 valence electrons. The summed E-state index contributed by atoms with van der Waals surface area (Å²) in [5.41, 5.74) is 8.05. The average molecular weight is 372 g/mol. The fourth-order valence-corrected chi connectivity index (χ4v) is 3.30. The van der Waals surface area contributed by atoms with E-state index >= 15 is 0 Å². The molecule has 3 heterocycles. The number of fused-ring (bicyclic) bond motifs is 1. The first-order chi connectivity index (χ1) is 13.7. The van der Waals surface area contributed by atoms with E-state index in [-0.39, 0.29) is 0 Å². The van der Waals surface area contributed by atoms with Gasteiger partial charge in [0.2, 0.25) is 0 Å². The zero-order valence-electron chi connectivity index (χ0n) is 15.2. The fraction of sp³-hybridized carbons (Fsp3) is 0.150. The number of H-pyrrole nitrogens is 1. The van der Waals surface area contributed by atoms with Crippen molar-refractivity contribution >= 4 is 29.0 Å². The van der Waals surface area contributed by atoms with Crippen molar-refractivity contribution in [3.8, 4) is 11.3 Å². The largest absolute Gasteiger partial charge is 0.324 e. The number of aromatic nitrogens is 5. The lowest BCUT2D eigenvalue weighted by Crippen LogP contribution is -2.08. The third kappa shape index (κ3) is 2.89. The van der Waals surface area contributed by atoms with Crippen LogP contribution in [0, 0.1) is 0 Å². The Labute approximate surface area is 161 Å². The number of hydrazine groups is 1. The number of hydrogen-bond donors (Lipinski definition) is 4. The number of benzene rings is 1. The Bertz CT molecular complexity index is 1170. The summed E-state index contributed by atoms with van der Waals surface area (Å²) in [6.45, 7) is 3.81. The molecule has 1 aromatic carbocycles. The Morgan fingerprint density at radius 3 is 2.96 bits per heavy atom. The number of imidazole rings is 1. The van der Waals surface area contributed by atoms with Crippen LogP contribution in [0.15, 0.2) is 49.4 Å². The first kappa shape index (κ1) is 16.5. The number of nitrogen functional groups attached to an aromatic ring is 1. The second-order valence-electron chi connectivity index (χ2n) is 6.89. The van der Waals surface area contributed by atoms with Crippen LogP contribution in [0.2, 0.25) is 0 Å². The van der Waals surface area contributed by atoms with Gasteiger partial charge in [0, 0.05) is 41.8 Å². The first-order valence-corrected chi connectivity index (χ1v) is 9.14. The van der Waals surface area contributed by atoms with Crippen molar-refractivity contribution in [1.82, 2.24) is 24.6 Å².